The maximum atomic E-state index is 11.2. The summed E-state index contributed by atoms with van der Waals surface area (Å²) >= 11 is 0. The van der Waals surface area contributed by atoms with E-state index in [1.165, 1.54) is 6.26 Å². The van der Waals surface area contributed by atoms with Gasteiger partial charge in [0.1, 0.15) is 9.84 Å². The van der Waals surface area contributed by atoms with Crippen LogP contribution in [-0.4, -0.2) is 70.6 Å². The average Bonchev–Trinajstić information content (AvgIpc) is 2.47. The van der Waals surface area contributed by atoms with Crippen molar-refractivity contribution in [2.45, 2.75) is 46.1 Å². The number of hydrogen-bond donors (Lipinski definition) is 2. The number of hydrogen-bond acceptors (Lipinski definition) is 4. The molecule has 7 heteroatoms. The molecule has 0 rings (SSSR count). The molecule has 1 atom stereocenters. The highest BCUT2D eigenvalue weighted by Gasteiger charge is 2.09. The van der Waals surface area contributed by atoms with Crippen molar-refractivity contribution in [2.24, 2.45) is 4.99 Å². The fourth-order valence-electron chi connectivity index (χ4n) is 2.10. The van der Waals surface area contributed by atoms with Gasteiger partial charge in [0.25, 0.3) is 0 Å². The average molecular weight is 335 g/mol. The summed E-state index contributed by atoms with van der Waals surface area (Å²) in [7, 11) is -1.17. The second-order valence-electron chi connectivity index (χ2n) is 5.70. The van der Waals surface area contributed by atoms with Gasteiger partial charge < -0.3 is 15.5 Å². The van der Waals surface area contributed by atoms with E-state index in [1.54, 1.807) is 7.05 Å². The maximum absolute atomic E-state index is 11.2. The first kappa shape index (κ1) is 21.2. The van der Waals surface area contributed by atoms with E-state index in [2.05, 4.69) is 34.4 Å². The molecule has 0 amide bonds. The summed E-state index contributed by atoms with van der Waals surface area (Å²) in [5, 5.41) is 6.50. The molecule has 0 aromatic rings. The van der Waals surface area contributed by atoms with Gasteiger partial charge in [0.15, 0.2) is 5.96 Å². The van der Waals surface area contributed by atoms with Gasteiger partial charge in [-0.15, -0.1) is 0 Å². The van der Waals surface area contributed by atoms with Gasteiger partial charge >= 0.3 is 0 Å². The smallest absolute Gasteiger partial charge is 0.191 e. The van der Waals surface area contributed by atoms with Crippen LogP contribution in [0.2, 0.25) is 0 Å². The maximum Gasteiger partial charge on any atom is 0.191 e. The third-order valence-electron chi connectivity index (χ3n) is 3.62. The zero-order chi connectivity index (χ0) is 17.0. The number of guanidine groups is 1. The van der Waals surface area contributed by atoms with Crippen LogP contribution < -0.4 is 10.6 Å². The van der Waals surface area contributed by atoms with Crippen molar-refractivity contribution in [2.75, 3.05) is 45.2 Å². The minimum Gasteiger partial charge on any atom is -0.356 e. The SMILES string of the molecule is CCN(CC)CCCCNC(=NC)NC(C)CCS(C)(=O)=O. The summed E-state index contributed by atoms with van der Waals surface area (Å²) in [4.78, 5) is 6.59. The fraction of sp³-hybridized carbons (Fsp3) is 0.933. The fourth-order valence-corrected chi connectivity index (χ4v) is 2.88. The lowest BCUT2D eigenvalue weighted by Crippen LogP contribution is -2.43. The minimum atomic E-state index is -2.90. The Morgan fingerprint density at radius 1 is 1.23 bits per heavy atom. The van der Waals surface area contributed by atoms with E-state index in [0.29, 0.717) is 6.42 Å². The second kappa shape index (κ2) is 11.7. The lowest BCUT2D eigenvalue weighted by Gasteiger charge is -2.19. The molecule has 0 fully saturated rings. The summed E-state index contributed by atoms with van der Waals surface area (Å²) < 4.78 is 22.3. The molecule has 0 saturated carbocycles. The molecule has 0 aromatic carbocycles. The summed E-state index contributed by atoms with van der Waals surface area (Å²) in [5.74, 6) is 0.936. The van der Waals surface area contributed by atoms with Gasteiger partial charge in [-0.25, -0.2) is 8.42 Å². The molecular weight excluding hydrogens is 300 g/mol. The Hall–Kier alpha value is -0.820. The Bertz CT molecular complexity index is 406. The Kier molecular flexibility index (Phi) is 11.3. The lowest BCUT2D eigenvalue weighted by molar-refractivity contribution is 0.297. The zero-order valence-corrected chi connectivity index (χ0v) is 15.7. The highest BCUT2D eigenvalue weighted by Crippen LogP contribution is 1.96. The monoisotopic (exact) mass is 334 g/mol. The van der Waals surface area contributed by atoms with Crippen LogP contribution in [0.1, 0.15) is 40.0 Å². The van der Waals surface area contributed by atoms with Crippen molar-refractivity contribution in [3.05, 3.63) is 0 Å². The number of nitrogens with zero attached hydrogens (tertiary/aromatic N) is 2. The predicted octanol–water partition coefficient (Wildman–Crippen LogP) is 1.10. The minimum absolute atomic E-state index is 0.0802. The van der Waals surface area contributed by atoms with Crippen molar-refractivity contribution >= 4 is 15.8 Å². The Morgan fingerprint density at radius 3 is 2.36 bits per heavy atom. The second-order valence-corrected chi connectivity index (χ2v) is 7.96. The van der Waals surface area contributed by atoms with E-state index in [1.807, 2.05) is 6.92 Å². The van der Waals surface area contributed by atoms with Crippen LogP contribution in [0, 0.1) is 0 Å². The van der Waals surface area contributed by atoms with Gasteiger partial charge in [0.2, 0.25) is 0 Å². The standard InChI is InChI=1S/C15H34N4O2S/c1-6-19(7-2)12-9-8-11-17-15(16-4)18-14(3)10-13-22(5,20)21/h14H,6-13H2,1-5H3,(H2,16,17,18). The zero-order valence-electron chi connectivity index (χ0n) is 14.9. The van der Waals surface area contributed by atoms with Gasteiger partial charge in [-0.2, -0.15) is 0 Å². The molecule has 0 saturated heterocycles. The first-order valence-corrected chi connectivity index (χ1v) is 10.3. The van der Waals surface area contributed by atoms with Gasteiger partial charge in [-0.1, -0.05) is 13.8 Å². The molecular formula is C15H34N4O2S. The van der Waals surface area contributed by atoms with Crippen LogP contribution in [-0.2, 0) is 9.84 Å². The molecule has 0 radical (unpaired) electrons. The van der Waals surface area contributed by atoms with Crippen molar-refractivity contribution in [3.63, 3.8) is 0 Å². The van der Waals surface area contributed by atoms with Crippen LogP contribution in [0.15, 0.2) is 4.99 Å². The van der Waals surface area contributed by atoms with Crippen LogP contribution >= 0.6 is 0 Å². The van der Waals surface area contributed by atoms with Gasteiger partial charge in [0.05, 0.1) is 5.75 Å². The molecule has 2 N–H and O–H groups in total. The number of aliphatic imine (C=N–C) groups is 1. The number of sulfone groups is 1. The van der Waals surface area contributed by atoms with E-state index in [9.17, 15) is 8.42 Å². The Morgan fingerprint density at radius 2 is 1.86 bits per heavy atom. The van der Waals surface area contributed by atoms with Gasteiger partial charge in [0, 0.05) is 25.9 Å². The first-order valence-electron chi connectivity index (χ1n) is 8.19. The summed E-state index contributed by atoms with van der Waals surface area (Å²) in [5.41, 5.74) is 0. The van der Waals surface area contributed by atoms with Crippen LogP contribution in [0.25, 0.3) is 0 Å². The Labute approximate surface area is 136 Å². The molecule has 1 unspecified atom stereocenters. The van der Waals surface area contributed by atoms with Crippen LogP contribution in [0.4, 0.5) is 0 Å². The number of unbranched alkanes of at least 4 members (excludes halogenated alkanes) is 1. The van der Waals surface area contributed by atoms with Crippen molar-refractivity contribution in [3.8, 4) is 0 Å². The van der Waals surface area contributed by atoms with Crippen molar-refractivity contribution in [1.29, 1.82) is 0 Å². The molecule has 6 nitrogen and oxygen atoms in total. The molecule has 0 aliphatic rings. The lowest BCUT2D eigenvalue weighted by atomic mass is 10.2. The summed E-state index contributed by atoms with van der Waals surface area (Å²) in [6.45, 7) is 10.6. The van der Waals surface area contributed by atoms with E-state index in [0.717, 1.165) is 45.0 Å². The molecule has 0 spiro atoms. The van der Waals surface area contributed by atoms with Gasteiger partial charge in [-0.3, -0.25) is 4.99 Å². The predicted molar refractivity (Wildman–Crippen MR) is 95.3 cm³/mol. The van der Waals surface area contributed by atoms with Crippen LogP contribution in [0.3, 0.4) is 0 Å². The molecule has 22 heavy (non-hydrogen) atoms. The molecule has 0 bridgehead atoms. The third kappa shape index (κ3) is 11.8. The topological polar surface area (TPSA) is 73.8 Å². The third-order valence-corrected chi connectivity index (χ3v) is 4.59. The molecule has 0 heterocycles. The molecule has 0 aromatic heterocycles. The largest absolute Gasteiger partial charge is 0.356 e. The van der Waals surface area contributed by atoms with E-state index in [-0.39, 0.29) is 11.8 Å². The number of rotatable bonds is 11. The molecule has 132 valence electrons. The Balaban J connectivity index is 3.88. The van der Waals surface area contributed by atoms with E-state index >= 15 is 0 Å². The van der Waals surface area contributed by atoms with Crippen molar-refractivity contribution in [1.82, 2.24) is 15.5 Å². The highest BCUT2D eigenvalue weighted by molar-refractivity contribution is 7.90. The highest BCUT2D eigenvalue weighted by atomic mass is 32.2. The first-order chi connectivity index (χ1) is 10.3. The van der Waals surface area contributed by atoms with Gasteiger partial charge in [-0.05, 0) is 45.8 Å². The van der Waals surface area contributed by atoms with Crippen LogP contribution in [0.5, 0.6) is 0 Å². The van der Waals surface area contributed by atoms with E-state index < -0.39 is 9.84 Å². The summed E-state index contributed by atoms with van der Waals surface area (Å²) in [6.07, 6.45) is 4.11. The molecule has 0 aliphatic carbocycles. The number of nitrogens with one attached hydrogen (secondary N) is 2. The molecule has 0 aliphatic heterocycles. The summed E-state index contributed by atoms with van der Waals surface area (Å²) in [6, 6.07) is 0.0802. The normalized spacial score (nSPS) is 14.2. The van der Waals surface area contributed by atoms with E-state index in [4.69, 9.17) is 0 Å². The quantitative estimate of drug-likeness (QED) is 0.336. The van der Waals surface area contributed by atoms with Crippen molar-refractivity contribution < 1.29 is 8.42 Å².